The summed E-state index contributed by atoms with van der Waals surface area (Å²) in [7, 11) is 1.41. The molecule has 5 heterocycles. The van der Waals surface area contributed by atoms with E-state index >= 15 is 8.78 Å². The number of aromatic hydroxyl groups is 1. The molecule has 2 aromatic carbocycles. The van der Waals surface area contributed by atoms with E-state index in [0.717, 1.165) is 64.7 Å². The lowest BCUT2D eigenvalue weighted by Crippen LogP contribution is -2.61. The summed E-state index contributed by atoms with van der Waals surface area (Å²) in [6, 6.07) is 6.68. The minimum absolute atomic E-state index is 0.00979. The number of phenolic OH excluding ortho intramolecular Hbond substituents is 1. The van der Waals surface area contributed by atoms with Crippen LogP contribution in [0.3, 0.4) is 0 Å². The quantitative estimate of drug-likeness (QED) is 0.174. The number of likely N-dealkylation sites (tertiary alicyclic amines) is 1. The predicted octanol–water partition coefficient (Wildman–Crippen LogP) is 6.32. The Kier molecular flexibility index (Phi) is 10.4. The molecule has 2 aliphatic carbocycles. The minimum atomic E-state index is -1.35. The summed E-state index contributed by atoms with van der Waals surface area (Å²) < 4.78 is 56.9. The third-order valence-corrected chi connectivity index (χ3v) is 14.0. The number of aliphatic hydroxyl groups excluding tert-OH is 1. The molecular formula is C44H55F2N5O7. The van der Waals surface area contributed by atoms with Crippen LogP contribution in [-0.2, 0) is 15.9 Å². The Morgan fingerprint density at radius 1 is 1.02 bits per heavy atom. The number of anilines is 1. The second-order valence-corrected chi connectivity index (χ2v) is 17.9. The van der Waals surface area contributed by atoms with E-state index in [1.54, 1.807) is 17.9 Å². The van der Waals surface area contributed by atoms with Crippen molar-refractivity contribution in [1.29, 1.82) is 0 Å². The van der Waals surface area contributed by atoms with Crippen LogP contribution < -0.4 is 14.4 Å². The number of hydrogen-bond acceptors (Lipinski definition) is 12. The molecule has 4 atom stereocenters. The van der Waals surface area contributed by atoms with Crippen LogP contribution in [0.15, 0.2) is 24.3 Å². The number of hydrogen-bond donors (Lipinski definition) is 3. The van der Waals surface area contributed by atoms with Crippen molar-refractivity contribution in [2.45, 2.75) is 102 Å². The molecule has 5 aliphatic rings. The van der Waals surface area contributed by atoms with Gasteiger partial charge >= 0.3 is 6.01 Å². The van der Waals surface area contributed by atoms with Crippen molar-refractivity contribution in [1.82, 2.24) is 19.9 Å². The largest absolute Gasteiger partial charge is 0.508 e. The van der Waals surface area contributed by atoms with E-state index in [1.807, 2.05) is 6.92 Å². The Hall–Kier alpha value is -3.95. The van der Waals surface area contributed by atoms with Gasteiger partial charge in [-0.15, -0.1) is 0 Å². The van der Waals surface area contributed by atoms with Crippen molar-refractivity contribution >= 4 is 27.5 Å². The summed E-state index contributed by atoms with van der Waals surface area (Å²) in [4.78, 5) is 18.9. The summed E-state index contributed by atoms with van der Waals surface area (Å²) in [5.74, 6) is -1.21. The fourth-order valence-electron chi connectivity index (χ4n) is 11.1. The zero-order valence-corrected chi connectivity index (χ0v) is 33.7. The number of β-amino-alcohol motifs (C(OH)–C–C–N with tert-alkyl or cyclic N) is 1. The maximum Gasteiger partial charge on any atom is 0.319 e. The van der Waals surface area contributed by atoms with Crippen molar-refractivity contribution in [2.24, 2.45) is 10.8 Å². The normalized spacial score (nSPS) is 27.8. The summed E-state index contributed by atoms with van der Waals surface area (Å²) in [5, 5.41) is 33.5. The number of methoxy groups -OCH3 is 1. The van der Waals surface area contributed by atoms with Gasteiger partial charge in [-0.25, -0.2) is 13.8 Å². The predicted molar refractivity (Wildman–Crippen MR) is 214 cm³/mol. The molecule has 58 heavy (non-hydrogen) atoms. The number of benzene rings is 2. The highest BCUT2D eigenvalue weighted by atomic mass is 19.1. The first-order valence-corrected chi connectivity index (χ1v) is 21.0. The first-order valence-electron chi connectivity index (χ1n) is 21.0. The molecule has 2 aromatic heterocycles. The Morgan fingerprint density at radius 2 is 1.81 bits per heavy atom. The number of aromatic nitrogens is 3. The molecule has 5 fully saturated rings. The van der Waals surface area contributed by atoms with Crippen LogP contribution in [0.1, 0.15) is 77.2 Å². The Bertz CT molecular complexity index is 2190. The molecule has 0 radical (unpaired) electrons. The van der Waals surface area contributed by atoms with E-state index in [-0.39, 0.29) is 77.3 Å². The van der Waals surface area contributed by atoms with Gasteiger partial charge in [0.05, 0.1) is 39.6 Å². The fraction of sp³-hybridized carbons (Fsp3) is 0.614. The molecule has 3 aliphatic heterocycles. The molecule has 4 aromatic rings. The molecule has 1 spiro atoms. The SMILES string of the molecule is CCc1c(F)ccc2cc(O)cc(-c3nc(OC)c4c(N5C[C@H](CO)OC[C@@](C)(O)C5)nc(OC[C@]56CCCC5N(C5CC7(CCOCC7)C5)CCC6)nc4c3F)c12. The third kappa shape index (κ3) is 6.92. The summed E-state index contributed by atoms with van der Waals surface area (Å²) in [6.07, 6.45) is 9.68. The van der Waals surface area contributed by atoms with E-state index < -0.39 is 23.3 Å². The highest BCUT2D eigenvalue weighted by molar-refractivity contribution is 6.03. The number of ether oxygens (including phenoxy) is 4. The van der Waals surface area contributed by atoms with Crippen molar-refractivity contribution in [2.75, 3.05) is 64.7 Å². The highest BCUT2D eigenvalue weighted by Gasteiger charge is 2.55. The molecule has 0 bridgehead atoms. The van der Waals surface area contributed by atoms with Crippen molar-refractivity contribution in [3.63, 3.8) is 0 Å². The first kappa shape index (κ1) is 39.5. The van der Waals surface area contributed by atoms with Gasteiger partial charge in [0.1, 0.15) is 39.6 Å². The van der Waals surface area contributed by atoms with Gasteiger partial charge in [-0.1, -0.05) is 19.4 Å². The Morgan fingerprint density at radius 3 is 2.57 bits per heavy atom. The zero-order valence-electron chi connectivity index (χ0n) is 33.7. The number of aliphatic hydroxyl groups is 2. The maximum atomic E-state index is 17.5. The number of halogens is 2. The molecule has 14 heteroatoms. The number of phenols is 1. The number of fused-ring (bicyclic) bond motifs is 3. The molecule has 3 N–H and O–H groups in total. The zero-order chi connectivity index (χ0) is 40.4. The fourth-order valence-corrected chi connectivity index (χ4v) is 11.1. The van der Waals surface area contributed by atoms with E-state index in [9.17, 15) is 15.3 Å². The molecule has 2 saturated carbocycles. The van der Waals surface area contributed by atoms with Crippen LogP contribution in [0.2, 0.25) is 0 Å². The minimum Gasteiger partial charge on any atom is -0.508 e. The number of rotatable bonds is 9. The smallest absolute Gasteiger partial charge is 0.319 e. The number of piperidine rings is 1. The molecular weight excluding hydrogens is 749 g/mol. The average Bonchev–Trinajstić information content (AvgIpc) is 3.58. The summed E-state index contributed by atoms with van der Waals surface area (Å²) >= 11 is 0. The standard InChI is InChI=1S/C44H55F2N5O7/c1-4-30-32(45)9-8-26-17-28(53)18-31(34(26)30)37-36(46)38-35(40(47-37)55-3)39(50-21-29(22-52)57-24-42(2,54)23-50)49-41(48-38)58-25-44-10-5-7-33(44)51(14-6-11-44)27-19-43(20-27)12-15-56-16-13-43/h8-9,17-18,27,29,33,52-54H,4-7,10-16,19-25H2,1-3H3/t29-,33?,42+,44-/m1/s1. The topological polar surface area (TPSA) is 143 Å². The van der Waals surface area contributed by atoms with Gasteiger partial charge in [-0.2, -0.15) is 9.97 Å². The molecule has 0 amide bonds. The van der Waals surface area contributed by atoms with Crippen LogP contribution in [-0.4, -0.2) is 119 Å². The van der Waals surface area contributed by atoms with Gasteiger partial charge in [0.25, 0.3) is 0 Å². The van der Waals surface area contributed by atoms with Crippen molar-refractivity contribution < 1.29 is 43.0 Å². The Balaban J connectivity index is 1.14. The summed E-state index contributed by atoms with van der Waals surface area (Å²) in [5.41, 5.74) is -0.819. The van der Waals surface area contributed by atoms with Crippen LogP contribution in [0.5, 0.6) is 17.6 Å². The van der Waals surface area contributed by atoms with E-state index in [4.69, 9.17) is 28.9 Å². The molecule has 1 unspecified atom stereocenters. The van der Waals surface area contributed by atoms with Crippen LogP contribution in [0.4, 0.5) is 14.6 Å². The molecule has 312 valence electrons. The van der Waals surface area contributed by atoms with E-state index in [0.29, 0.717) is 46.9 Å². The summed E-state index contributed by atoms with van der Waals surface area (Å²) in [6.45, 7) is 6.41. The van der Waals surface area contributed by atoms with Crippen molar-refractivity contribution in [3.05, 3.63) is 41.5 Å². The van der Waals surface area contributed by atoms with Gasteiger partial charge < -0.3 is 39.2 Å². The van der Waals surface area contributed by atoms with E-state index in [2.05, 4.69) is 9.88 Å². The van der Waals surface area contributed by atoms with E-state index in [1.165, 1.54) is 38.2 Å². The first-order chi connectivity index (χ1) is 28.0. The lowest BCUT2D eigenvalue weighted by Gasteiger charge is -2.58. The van der Waals surface area contributed by atoms with Crippen LogP contribution >= 0.6 is 0 Å². The van der Waals surface area contributed by atoms with Gasteiger partial charge in [0.2, 0.25) is 5.88 Å². The molecule has 3 saturated heterocycles. The van der Waals surface area contributed by atoms with Gasteiger partial charge in [-0.05, 0) is 111 Å². The molecule has 9 rings (SSSR count). The molecule has 12 nitrogen and oxygen atoms in total. The van der Waals surface area contributed by atoms with Gasteiger partial charge in [0, 0.05) is 42.8 Å². The lowest BCUT2D eigenvalue weighted by atomic mass is 9.60. The second-order valence-electron chi connectivity index (χ2n) is 17.9. The monoisotopic (exact) mass is 803 g/mol. The highest BCUT2D eigenvalue weighted by Crippen LogP contribution is 2.56. The lowest BCUT2D eigenvalue weighted by molar-refractivity contribution is -0.112. The van der Waals surface area contributed by atoms with Crippen LogP contribution in [0.25, 0.3) is 32.9 Å². The average molecular weight is 804 g/mol. The van der Waals surface area contributed by atoms with Gasteiger partial charge in [0.15, 0.2) is 5.82 Å². The number of aryl methyl sites for hydroxylation is 1. The van der Waals surface area contributed by atoms with Crippen molar-refractivity contribution in [3.8, 4) is 28.9 Å². The maximum absolute atomic E-state index is 17.5. The Labute approximate surface area is 337 Å². The second kappa shape index (κ2) is 15.3. The number of nitrogens with zero attached hydrogens (tertiary/aromatic N) is 5. The number of pyridine rings is 1. The van der Waals surface area contributed by atoms with Crippen LogP contribution in [0, 0.1) is 22.5 Å². The third-order valence-electron chi connectivity index (χ3n) is 14.0. The van der Waals surface area contributed by atoms with Gasteiger partial charge in [-0.3, -0.25) is 4.90 Å².